The van der Waals surface area contributed by atoms with Crippen LogP contribution < -0.4 is 5.73 Å². The summed E-state index contributed by atoms with van der Waals surface area (Å²) < 4.78 is 5.31. The maximum Gasteiger partial charge on any atom is 0.122 e. The van der Waals surface area contributed by atoms with Gasteiger partial charge in [0.2, 0.25) is 0 Å². The van der Waals surface area contributed by atoms with Crippen LogP contribution in [0.15, 0.2) is 41.1 Å². The van der Waals surface area contributed by atoms with Crippen molar-refractivity contribution in [1.29, 1.82) is 0 Å². The average Bonchev–Trinajstić information content (AvgIpc) is 2.82. The van der Waals surface area contributed by atoms with Crippen molar-refractivity contribution in [3.05, 3.63) is 53.7 Å². The monoisotopic (exact) mass is 261 g/mol. The van der Waals surface area contributed by atoms with Crippen LogP contribution in [0.5, 0.6) is 0 Å². The first-order valence-electron chi connectivity index (χ1n) is 5.61. The standard InChI is InChI=1S/C13H15N3OS/c1-16(9-11-3-2-6-17-11)8-10-4-5-15-12(7-10)13(14)18/h2-7H,8-9H2,1H3,(H2,14,18). The van der Waals surface area contributed by atoms with Gasteiger partial charge >= 0.3 is 0 Å². The normalized spacial score (nSPS) is 10.8. The van der Waals surface area contributed by atoms with Gasteiger partial charge in [-0.1, -0.05) is 12.2 Å². The molecule has 0 saturated heterocycles. The predicted molar refractivity (Wildman–Crippen MR) is 74.0 cm³/mol. The lowest BCUT2D eigenvalue weighted by Gasteiger charge is -2.15. The van der Waals surface area contributed by atoms with Gasteiger partial charge in [0, 0.05) is 12.7 Å². The van der Waals surface area contributed by atoms with E-state index < -0.39 is 0 Å². The fourth-order valence-corrected chi connectivity index (χ4v) is 1.86. The van der Waals surface area contributed by atoms with Crippen LogP contribution in [-0.4, -0.2) is 21.9 Å². The number of aromatic nitrogens is 1. The SMILES string of the molecule is CN(Cc1ccnc(C(N)=S)c1)Cc1ccco1. The van der Waals surface area contributed by atoms with Gasteiger partial charge in [-0.2, -0.15) is 0 Å². The van der Waals surface area contributed by atoms with Crippen LogP contribution in [0.25, 0.3) is 0 Å². The summed E-state index contributed by atoms with van der Waals surface area (Å²) in [6, 6.07) is 7.73. The molecule has 2 heterocycles. The molecule has 4 nitrogen and oxygen atoms in total. The highest BCUT2D eigenvalue weighted by molar-refractivity contribution is 7.80. The summed E-state index contributed by atoms with van der Waals surface area (Å²) in [4.78, 5) is 6.59. The topological polar surface area (TPSA) is 55.3 Å². The highest BCUT2D eigenvalue weighted by Crippen LogP contribution is 2.09. The van der Waals surface area contributed by atoms with Crippen molar-refractivity contribution in [1.82, 2.24) is 9.88 Å². The molecule has 0 atom stereocenters. The van der Waals surface area contributed by atoms with Gasteiger partial charge < -0.3 is 10.2 Å². The van der Waals surface area contributed by atoms with Gasteiger partial charge in [-0.25, -0.2) is 0 Å². The maximum atomic E-state index is 5.56. The van der Waals surface area contributed by atoms with Gasteiger partial charge in [-0.15, -0.1) is 0 Å². The fourth-order valence-electron chi connectivity index (χ4n) is 1.74. The molecule has 2 N–H and O–H groups in total. The number of hydrogen-bond donors (Lipinski definition) is 1. The first-order valence-corrected chi connectivity index (χ1v) is 6.01. The van der Waals surface area contributed by atoms with Crippen LogP contribution in [0.3, 0.4) is 0 Å². The molecule has 0 spiro atoms. The molecule has 2 rings (SSSR count). The van der Waals surface area contributed by atoms with E-state index in [1.165, 1.54) is 0 Å². The van der Waals surface area contributed by atoms with E-state index in [2.05, 4.69) is 9.88 Å². The molecule has 2 aromatic rings. The van der Waals surface area contributed by atoms with Crippen molar-refractivity contribution in [3.8, 4) is 0 Å². The third-order valence-corrected chi connectivity index (χ3v) is 2.74. The molecule has 0 fully saturated rings. The molecule has 0 aromatic carbocycles. The van der Waals surface area contributed by atoms with Crippen molar-refractivity contribution in [2.45, 2.75) is 13.1 Å². The van der Waals surface area contributed by atoms with Crippen molar-refractivity contribution in [2.75, 3.05) is 7.05 Å². The van der Waals surface area contributed by atoms with E-state index >= 15 is 0 Å². The van der Waals surface area contributed by atoms with Gasteiger partial charge in [0.15, 0.2) is 0 Å². The highest BCUT2D eigenvalue weighted by atomic mass is 32.1. The first-order chi connectivity index (χ1) is 8.65. The molecular weight excluding hydrogens is 246 g/mol. The summed E-state index contributed by atoms with van der Waals surface area (Å²) in [5.74, 6) is 0.945. The average molecular weight is 261 g/mol. The number of thiocarbonyl (C=S) groups is 1. The second-order valence-electron chi connectivity index (χ2n) is 4.17. The predicted octanol–water partition coefficient (Wildman–Crippen LogP) is 1.94. The lowest BCUT2D eigenvalue weighted by atomic mass is 10.2. The van der Waals surface area contributed by atoms with Crippen LogP contribution in [0.1, 0.15) is 17.0 Å². The molecule has 0 unspecified atom stereocenters. The molecule has 94 valence electrons. The molecule has 0 aliphatic heterocycles. The smallest absolute Gasteiger partial charge is 0.122 e. The minimum atomic E-state index is 0.325. The largest absolute Gasteiger partial charge is 0.468 e. The van der Waals surface area contributed by atoms with Crippen molar-refractivity contribution in [3.63, 3.8) is 0 Å². The molecule has 18 heavy (non-hydrogen) atoms. The quantitative estimate of drug-likeness (QED) is 0.834. The van der Waals surface area contributed by atoms with Crippen molar-refractivity contribution in [2.24, 2.45) is 5.73 Å². The Labute approximate surface area is 111 Å². The number of nitrogens with zero attached hydrogens (tertiary/aromatic N) is 2. The highest BCUT2D eigenvalue weighted by Gasteiger charge is 2.05. The lowest BCUT2D eigenvalue weighted by Crippen LogP contribution is -2.18. The summed E-state index contributed by atoms with van der Waals surface area (Å²) in [6.07, 6.45) is 3.41. The van der Waals surface area contributed by atoms with Gasteiger partial charge in [-0.3, -0.25) is 9.88 Å². The summed E-state index contributed by atoms with van der Waals surface area (Å²) in [7, 11) is 2.03. The van der Waals surface area contributed by atoms with Crippen LogP contribution in [0.2, 0.25) is 0 Å². The van der Waals surface area contributed by atoms with E-state index in [9.17, 15) is 0 Å². The third-order valence-electron chi connectivity index (χ3n) is 2.54. The molecule has 0 radical (unpaired) electrons. The van der Waals surface area contributed by atoms with Crippen LogP contribution in [0.4, 0.5) is 0 Å². The molecule has 0 amide bonds. The van der Waals surface area contributed by atoms with E-state index in [1.807, 2.05) is 31.3 Å². The van der Waals surface area contributed by atoms with Crippen molar-refractivity contribution < 1.29 is 4.42 Å². The second-order valence-corrected chi connectivity index (χ2v) is 4.61. The van der Waals surface area contributed by atoms with E-state index in [1.54, 1.807) is 12.5 Å². The van der Waals surface area contributed by atoms with Gasteiger partial charge in [0.05, 0.1) is 18.5 Å². The Hall–Kier alpha value is -1.72. The minimum absolute atomic E-state index is 0.325. The molecule has 5 heteroatoms. The Bertz CT molecular complexity index is 525. The Kier molecular flexibility index (Phi) is 4.07. The Morgan fingerprint density at radius 1 is 1.44 bits per heavy atom. The summed E-state index contributed by atoms with van der Waals surface area (Å²) in [5, 5.41) is 0. The minimum Gasteiger partial charge on any atom is -0.468 e. The number of pyridine rings is 1. The zero-order valence-electron chi connectivity index (χ0n) is 10.2. The van der Waals surface area contributed by atoms with Gasteiger partial charge in [0.1, 0.15) is 10.7 Å². The van der Waals surface area contributed by atoms with E-state index in [-0.39, 0.29) is 0 Å². The molecule has 0 aliphatic rings. The summed E-state index contributed by atoms with van der Waals surface area (Å²) >= 11 is 4.92. The van der Waals surface area contributed by atoms with Crippen LogP contribution in [-0.2, 0) is 13.1 Å². The Balaban J connectivity index is 2.00. The zero-order chi connectivity index (χ0) is 13.0. The fraction of sp³-hybridized carbons (Fsp3) is 0.231. The number of nitrogens with two attached hydrogens (primary N) is 1. The lowest BCUT2D eigenvalue weighted by molar-refractivity contribution is 0.288. The molecule has 0 saturated carbocycles. The molecule has 0 aliphatic carbocycles. The number of furan rings is 1. The van der Waals surface area contributed by atoms with Crippen LogP contribution >= 0.6 is 12.2 Å². The van der Waals surface area contributed by atoms with E-state index in [0.29, 0.717) is 10.7 Å². The van der Waals surface area contributed by atoms with E-state index in [0.717, 1.165) is 24.4 Å². The molecular formula is C13H15N3OS. The Morgan fingerprint density at radius 2 is 2.28 bits per heavy atom. The number of hydrogen-bond acceptors (Lipinski definition) is 4. The summed E-state index contributed by atoms with van der Waals surface area (Å²) in [5.41, 5.74) is 7.35. The van der Waals surface area contributed by atoms with Crippen LogP contribution in [0, 0.1) is 0 Å². The van der Waals surface area contributed by atoms with Gasteiger partial charge in [0.25, 0.3) is 0 Å². The summed E-state index contributed by atoms with van der Waals surface area (Å²) in [6.45, 7) is 1.55. The van der Waals surface area contributed by atoms with E-state index in [4.69, 9.17) is 22.4 Å². The third kappa shape index (κ3) is 3.38. The second kappa shape index (κ2) is 5.75. The molecule has 0 bridgehead atoms. The molecule has 2 aromatic heterocycles. The maximum absolute atomic E-state index is 5.56. The Morgan fingerprint density at radius 3 is 2.94 bits per heavy atom. The number of rotatable bonds is 5. The van der Waals surface area contributed by atoms with Crippen molar-refractivity contribution >= 4 is 17.2 Å². The zero-order valence-corrected chi connectivity index (χ0v) is 11.0. The first kappa shape index (κ1) is 12.7. The van der Waals surface area contributed by atoms with Gasteiger partial charge in [-0.05, 0) is 36.9 Å².